The number of hydrogen-bond donors (Lipinski definition) is 3. The molecular formula is C13H21N3. The Balaban J connectivity index is 1.77. The van der Waals surface area contributed by atoms with Crippen molar-refractivity contribution in [1.29, 1.82) is 0 Å². The lowest BCUT2D eigenvalue weighted by molar-refractivity contribution is 0.339. The van der Waals surface area contributed by atoms with Crippen molar-refractivity contribution < 1.29 is 0 Å². The van der Waals surface area contributed by atoms with Gasteiger partial charge in [0.1, 0.15) is 0 Å². The molecule has 1 fully saturated rings. The van der Waals surface area contributed by atoms with E-state index in [1.807, 2.05) is 24.3 Å². The molecule has 0 amide bonds. The molecule has 16 heavy (non-hydrogen) atoms. The Hall–Kier alpha value is -1.22. The first-order valence-corrected chi connectivity index (χ1v) is 6.09. The van der Waals surface area contributed by atoms with Crippen LogP contribution in [0.15, 0.2) is 24.3 Å². The molecule has 0 bridgehead atoms. The molecule has 0 radical (unpaired) electrons. The van der Waals surface area contributed by atoms with Crippen molar-refractivity contribution in [2.24, 2.45) is 11.7 Å². The van der Waals surface area contributed by atoms with Crippen LogP contribution < -0.4 is 16.8 Å². The smallest absolute Gasteiger partial charge is 0.0341 e. The molecule has 0 spiro atoms. The molecule has 3 heteroatoms. The zero-order valence-electron chi connectivity index (χ0n) is 9.65. The number of nitrogen functional groups attached to an aromatic ring is 1. The summed E-state index contributed by atoms with van der Waals surface area (Å²) < 4.78 is 0. The Morgan fingerprint density at radius 1 is 1.06 bits per heavy atom. The molecule has 0 aromatic heterocycles. The molecule has 0 unspecified atom stereocenters. The fourth-order valence-corrected chi connectivity index (χ4v) is 2.26. The van der Waals surface area contributed by atoms with E-state index in [0.717, 1.165) is 23.8 Å². The molecule has 88 valence electrons. The first-order chi connectivity index (χ1) is 7.74. The van der Waals surface area contributed by atoms with Gasteiger partial charge in [0.2, 0.25) is 0 Å². The van der Waals surface area contributed by atoms with E-state index in [1.165, 1.54) is 25.7 Å². The summed E-state index contributed by atoms with van der Waals surface area (Å²) in [6.45, 7) is 1.05. The van der Waals surface area contributed by atoms with E-state index >= 15 is 0 Å². The maximum Gasteiger partial charge on any atom is 0.0341 e. The second kappa shape index (κ2) is 5.21. The van der Waals surface area contributed by atoms with E-state index in [2.05, 4.69) is 5.32 Å². The van der Waals surface area contributed by atoms with Gasteiger partial charge in [-0.25, -0.2) is 0 Å². The number of nitrogens with two attached hydrogens (primary N) is 2. The zero-order chi connectivity index (χ0) is 11.4. The van der Waals surface area contributed by atoms with E-state index < -0.39 is 0 Å². The lowest BCUT2D eigenvalue weighted by Gasteiger charge is -2.26. The first-order valence-electron chi connectivity index (χ1n) is 6.09. The van der Waals surface area contributed by atoms with Crippen LogP contribution in [0.5, 0.6) is 0 Å². The van der Waals surface area contributed by atoms with Gasteiger partial charge in [-0.05, 0) is 55.9 Å². The van der Waals surface area contributed by atoms with Crippen molar-refractivity contribution in [3.8, 4) is 0 Å². The molecule has 0 saturated heterocycles. The quantitative estimate of drug-likeness (QED) is 0.683. The standard InChI is InChI=1S/C13H21N3/c14-11-3-1-10(2-4-11)9-16-13-7-5-12(15)6-8-13/h5-8,10-11,16H,1-4,9,14-15H2/t10-,11-. The Morgan fingerprint density at radius 3 is 2.31 bits per heavy atom. The zero-order valence-corrected chi connectivity index (χ0v) is 9.65. The van der Waals surface area contributed by atoms with Crippen LogP contribution in [0.1, 0.15) is 25.7 Å². The molecule has 1 aromatic rings. The van der Waals surface area contributed by atoms with Gasteiger partial charge in [-0.3, -0.25) is 0 Å². The summed E-state index contributed by atoms with van der Waals surface area (Å²) in [6.07, 6.45) is 4.86. The van der Waals surface area contributed by atoms with Crippen molar-refractivity contribution >= 4 is 11.4 Å². The van der Waals surface area contributed by atoms with Crippen LogP contribution in [-0.4, -0.2) is 12.6 Å². The highest BCUT2D eigenvalue weighted by Gasteiger charge is 2.17. The predicted octanol–water partition coefficient (Wildman–Crippen LogP) is 2.20. The largest absolute Gasteiger partial charge is 0.399 e. The average Bonchev–Trinajstić information content (AvgIpc) is 2.30. The second-order valence-corrected chi connectivity index (χ2v) is 4.78. The lowest BCUT2D eigenvalue weighted by atomic mass is 9.86. The van der Waals surface area contributed by atoms with Crippen molar-refractivity contribution in [2.45, 2.75) is 31.7 Å². The van der Waals surface area contributed by atoms with Crippen LogP contribution in [-0.2, 0) is 0 Å². The van der Waals surface area contributed by atoms with E-state index in [1.54, 1.807) is 0 Å². The number of rotatable bonds is 3. The van der Waals surface area contributed by atoms with Gasteiger partial charge in [0, 0.05) is 24.0 Å². The van der Waals surface area contributed by atoms with Gasteiger partial charge in [0.25, 0.3) is 0 Å². The molecule has 0 atom stereocenters. The summed E-state index contributed by atoms with van der Waals surface area (Å²) in [5.74, 6) is 0.775. The Labute approximate surface area is 97.2 Å². The topological polar surface area (TPSA) is 64.1 Å². The molecule has 3 nitrogen and oxygen atoms in total. The van der Waals surface area contributed by atoms with E-state index in [9.17, 15) is 0 Å². The molecule has 1 aliphatic rings. The van der Waals surface area contributed by atoms with Gasteiger partial charge in [0.15, 0.2) is 0 Å². The van der Waals surface area contributed by atoms with Crippen molar-refractivity contribution in [1.82, 2.24) is 0 Å². The number of benzene rings is 1. The van der Waals surface area contributed by atoms with Gasteiger partial charge >= 0.3 is 0 Å². The summed E-state index contributed by atoms with van der Waals surface area (Å²) in [4.78, 5) is 0. The molecule has 0 heterocycles. The third kappa shape index (κ3) is 3.14. The minimum absolute atomic E-state index is 0.438. The minimum Gasteiger partial charge on any atom is -0.399 e. The lowest BCUT2D eigenvalue weighted by Crippen LogP contribution is -2.29. The van der Waals surface area contributed by atoms with Crippen LogP contribution in [0.25, 0.3) is 0 Å². The van der Waals surface area contributed by atoms with Crippen LogP contribution in [0.2, 0.25) is 0 Å². The van der Waals surface area contributed by atoms with Gasteiger partial charge in [-0.1, -0.05) is 0 Å². The second-order valence-electron chi connectivity index (χ2n) is 4.78. The fraction of sp³-hybridized carbons (Fsp3) is 0.538. The monoisotopic (exact) mass is 219 g/mol. The first kappa shape index (κ1) is 11.3. The van der Waals surface area contributed by atoms with Crippen LogP contribution in [0, 0.1) is 5.92 Å². The highest BCUT2D eigenvalue weighted by atomic mass is 14.9. The maximum absolute atomic E-state index is 5.89. The summed E-state index contributed by atoms with van der Waals surface area (Å²) in [5.41, 5.74) is 13.5. The van der Waals surface area contributed by atoms with Gasteiger partial charge in [-0.15, -0.1) is 0 Å². The van der Waals surface area contributed by atoms with Gasteiger partial charge in [-0.2, -0.15) is 0 Å². The fourth-order valence-electron chi connectivity index (χ4n) is 2.26. The summed E-state index contributed by atoms with van der Waals surface area (Å²) >= 11 is 0. The molecule has 2 rings (SSSR count). The maximum atomic E-state index is 5.89. The third-order valence-corrected chi connectivity index (χ3v) is 3.40. The van der Waals surface area contributed by atoms with Crippen molar-refractivity contribution in [2.75, 3.05) is 17.6 Å². The minimum atomic E-state index is 0.438. The van der Waals surface area contributed by atoms with Crippen molar-refractivity contribution in [3.63, 3.8) is 0 Å². The predicted molar refractivity (Wildman–Crippen MR) is 69.3 cm³/mol. The molecular weight excluding hydrogens is 198 g/mol. The van der Waals surface area contributed by atoms with Gasteiger partial charge in [0.05, 0.1) is 0 Å². The Kier molecular flexibility index (Phi) is 3.67. The molecule has 5 N–H and O–H groups in total. The number of anilines is 2. The van der Waals surface area contributed by atoms with Crippen molar-refractivity contribution in [3.05, 3.63) is 24.3 Å². The average molecular weight is 219 g/mol. The SMILES string of the molecule is Nc1ccc(NC[C@H]2CC[C@H](N)CC2)cc1. The summed E-state index contributed by atoms with van der Waals surface area (Å²) in [6, 6.07) is 8.36. The van der Waals surface area contributed by atoms with Gasteiger partial charge < -0.3 is 16.8 Å². The number of hydrogen-bond acceptors (Lipinski definition) is 3. The Bertz CT molecular complexity index is 312. The normalized spacial score (nSPS) is 25.3. The van der Waals surface area contributed by atoms with E-state index in [4.69, 9.17) is 11.5 Å². The van der Waals surface area contributed by atoms with E-state index in [-0.39, 0.29) is 0 Å². The Morgan fingerprint density at radius 2 is 1.69 bits per heavy atom. The highest BCUT2D eigenvalue weighted by Crippen LogP contribution is 2.23. The molecule has 1 aliphatic carbocycles. The highest BCUT2D eigenvalue weighted by molar-refractivity contribution is 5.51. The van der Waals surface area contributed by atoms with Crippen LogP contribution >= 0.6 is 0 Å². The molecule has 0 aliphatic heterocycles. The molecule has 1 aromatic carbocycles. The van der Waals surface area contributed by atoms with Crippen LogP contribution in [0.4, 0.5) is 11.4 Å². The summed E-state index contributed by atoms with van der Waals surface area (Å²) in [5, 5.41) is 3.46. The summed E-state index contributed by atoms with van der Waals surface area (Å²) in [7, 11) is 0. The third-order valence-electron chi connectivity index (χ3n) is 3.40. The van der Waals surface area contributed by atoms with Crippen LogP contribution in [0.3, 0.4) is 0 Å². The van der Waals surface area contributed by atoms with E-state index in [0.29, 0.717) is 6.04 Å². The number of nitrogens with one attached hydrogen (secondary N) is 1. The molecule has 1 saturated carbocycles.